The molecule has 0 unspecified atom stereocenters. The Bertz CT molecular complexity index is 1110. The Morgan fingerprint density at radius 1 is 1.15 bits per heavy atom. The number of benzene rings is 2. The highest BCUT2D eigenvalue weighted by Crippen LogP contribution is 2.40. The summed E-state index contributed by atoms with van der Waals surface area (Å²) in [5.41, 5.74) is 6.05. The molecule has 3 aromatic rings. The number of nitro benzene ring substituents is 1. The summed E-state index contributed by atoms with van der Waals surface area (Å²) in [6.45, 7) is 0.811. The summed E-state index contributed by atoms with van der Waals surface area (Å²) in [5.74, 6) is 0.179. The largest absolute Gasteiger partial charge is 0.312 e. The monoisotopic (exact) mass is 377 g/mol. The van der Waals surface area contributed by atoms with Gasteiger partial charge in [0.25, 0.3) is 5.69 Å². The first-order chi connectivity index (χ1) is 13.1. The maximum absolute atomic E-state index is 12.2. The van der Waals surface area contributed by atoms with Gasteiger partial charge in [0, 0.05) is 35.2 Å². The van der Waals surface area contributed by atoms with E-state index in [2.05, 4.69) is 12.1 Å². The number of thiazole rings is 1. The standard InChI is InChI=1S/C20H15N3O3S/c24-18-10-15-8-14(7-12-4-2-6-22(18)19(12)15)17-11-27-20(21-17)13-3-1-5-16(9-13)23(25)26/h1,3,5,7-9,11H,2,4,6,10H2. The molecule has 0 bridgehead atoms. The molecule has 0 saturated carbocycles. The van der Waals surface area contributed by atoms with Crippen LogP contribution in [0.2, 0.25) is 0 Å². The fraction of sp³-hybridized carbons (Fsp3) is 0.200. The number of carbonyl (C=O) groups is 1. The van der Waals surface area contributed by atoms with Gasteiger partial charge in [-0.05, 0) is 36.1 Å². The van der Waals surface area contributed by atoms with Gasteiger partial charge in [-0.3, -0.25) is 14.9 Å². The van der Waals surface area contributed by atoms with E-state index in [1.807, 2.05) is 16.3 Å². The summed E-state index contributed by atoms with van der Waals surface area (Å²) in [4.78, 5) is 29.5. The molecular formula is C20H15N3O3S. The maximum atomic E-state index is 12.2. The maximum Gasteiger partial charge on any atom is 0.270 e. The Morgan fingerprint density at radius 2 is 2.00 bits per heavy atom. The van der Waals surface area contributed by atoms with Gasteiger partial charge in [0.05, 0.1) is 22.7 Å². The Balaban J connectivity index is 1.54. The number of hydrogen-bond acceptors (Lipinski definition) is 5. The number of nitro groups is 1. The second-order valence-electron chi connectivity index (χ2n) is 6.81. The molecule has 1 aromatic heterocycles. The van der Waals surface area contributed by atoms with Gasteiger partial charge in [-0.15, -0.1) is 11.3 Å². The molecule has 7 heteroatoms. The van der Waals surface area contributed by atoms with Crippen molar-refractivity contribution in [3.8, 4) is 21.8 Å². The molecule has 0 aliphatic carbocycles. The first-order valence-electron chi connectivity index (χ1n) is 8.77. The summed E-state index contributed by atoms with van der Waals surface area (Å²) in [6.07, 6.45) is 2.41. The van der Waals surface area contributed by atoms with Gasteiger partial charge in [-0.2, -0.15) is 0 Å². The number of carbonyl (C=O) groups excluding carboxylic acids is 1. The zero-order valence-electron chi connectivity index (χ0n) is 14.3. The number of anilines is 1. The van der Waals surface area contributed by atoms with Crippen LogP contribution in [0, 0.1) is 10.1 Å². The number of non-ortho nitro benzene ring substituents is 1. The summed E-state index contributed by atoms with van der Waals surface area (Å²) < 4.78 is 0. The van der Waals surface area contributed by atoms with Crippen LogP contribution in [0.25, 0.3) is 21.8 Å². The van der Waals surface area contributed by atoms with Crippen molar-refractivity contribution in [2.45, 2.75) is 19.3 Å². The van der Waals surface area contributed by atoms with Gasteiger partial charge < -0.3 is 4.90 Å². The zero-order chi connectivity index (χ0) is 18.5. The highest BCUT2D eigenvalue weighted by Gasteiger charge is 2.32. The van der Waals surface area contributed by atoms with Crippen LogP contribution in [0.4, 0.5) is 11.4 Å². The highest BCUT2D eigenvalue weighted by molar-refractivity contribution is 7.13. The SMILES string of the molecule is O=C1Cc2cc(-c3csc(-c4cccc([N+](=O)[O-])c4)n3)cc3c2N1CCC3. The number of amides is 1. The van der Waals surface area contributed by atoms with E-state index in [1.54, 1.807) is 12.1 Å². The van der Waals surface area contributed by atoms with Crippen molar-refractivity contribution < 1.29 is 9.72 Å². The average Bonchev–Trinajstić information content (AvgIpc) is 3.29. The van der Waals surface area contributed by atoms with Crippen LogP contribution < -0.4 is 4.90 Å². The van der Waals surface area contributed by atoms with E-state index in [1.165, 1.54) is 23.0 Å². The third kappa shape index (κ3) is 2.62. The molecule has 1 amide bonds. The van der Waals surface area contributed by atoms with E-state index in [9.17, 15) is 14.9 Å². The zero-order valence-corrected chi connectivity index (χ0v) is 15.2. The summed E-state index contributed by atoms with van der Waals surface area (Å²) >= 11 is 1.47. The van der Waals surface area contributed by atoms with E-state index < -0.39 is 4.92 Å². The number of aryl methyl sites for hydroxylation is 1. The van der Waals surface area contributed by atoms with Crippen molar-refractivity contribution in [3.63, 3.8) is 0 Å². The molecule has 0 spiro atoms. The van der Waals surface area contributed by atoms with E-state index in [-0.39, 0.29) is 11.6 Å². The summed E-state index contributed by atoms with van der Waals surface area (Å²) in [6, 6.07) is 10.7. The Hall–Kier alpha value is -3.06. The van der Waals surface area contributed by atoms with Crippen molar-refractivity contribution in [1.82, 2.24) is 4.98 Å². The molecule has 0 atom stereocenters. The lowest BCUT2D eigenvalue weighted by atomic mass is 9.96. The summed E-state index contributed by atoms with van der Waals surface area (Å²) in [7, 11) is 0. The van der Waals surface area contributed by atoms with Gasteiger partial charge in [-0.1, -0.05) is 12.1 Å². The van der Waals surface area contributed by atoms with Crippen molar-refractivity contribution in [2.75, 3.05) is 11.4 Å². The minimum Gasteiger partial charge on any atom is -0.312 e. The third-order valence-electron chi connectivity index (χ3n) is 5.11. The van der Waals surface area contributed by atoms with Crippen LogP contribution in [-0.2, 0) is 17.6 Å². The second-order valence-corrected chi connectivity index (χ2v) is 7.67. The smallest absolute Gasteiger partial charge is 0.270 e. The van der Waals surface area contributed by atoms with Gasteiger partial charge in [0.1, 0.15) is 5.01 Å². The van der Waals surface area contributed by atoms with Crippen molar-refractivity contribution >= 4 is 28.6 Å². The molecule has 2 aromatic carbocycles. The second kappa shape index (κ2) is 5.99. The predicted molar refractivity (Wildman–Crippen MR) is 104 cm³/mol. The lowest BCUT2D eigenvalue weighted by Gasteiger charge is -2.25. The molecule has 3 heterocycles. The molecule has 27 heavy (non-hydrogen) atoms. The first kappa shape index (κ1) is 16.1. The Labute approximate surface area is 159 Å². The van der Waals surface area contributed by atoms with Crippen LogP contribution in [0.15, 0.2) is 41.8 Å². The molecule has 5 rings (SSSR count). The Morgan fingerprint density at radius 3 is 2.85 bits per heavy atom. The lowest BCUT2D eigenvalue weighted by molar-refractivity contribution is -0.384. The molecule has 0 N–H and O–H groups in total. The number of rotatable bonds is 3. The van der Waals surface area contributed by atoms with E-state index in [4.69, 9.17) is 4.98 Å². The molecule has 6 nitrogen and oxygen atoms in total. The van der Waals surface area contributed by atoms with Crippen molar-refractivity contribution in [1.29, 1.82) is 0 Å². The van der Waals surface area contributed by atoms with Gasteiger partial charge in [0.2, 0.25) is 5.91 Å². The van der Waals surface area contributed by atoms with Gasteiger partial charge in [0.15, 0.2) is 0 Å². The van der Waals surface area contributed by atoms with Crippen LogP contribution in [0.5, 0.6) is 0 Å². The van der Waals surface area contributed by atoms with E-state index in [0.29, 0.717) is 6.42 Å². The lowest BCUT2D eigenvalue weighted by Crippen LogP contribution is -2.31. The van der Waals surface area contributed by atoms with Crippen molar-refractivity contribution in [2.24, 2.45) is 0 Å². The molecule has 0 radical (unpaired) electrons. The van der Waals surface area contributed by atoms with E-state index >= 15 is 0 Å². The quantitative estimate of drug-likeness (QED) is 0.506. The van der Waals surface area contributed by atoms with Crippen LogP contribution in [0.3, 0.4) is 0 Å². The third-order valence-corrected chi connectivity index (χ3v) is 6.00. The highest BCUT2D eigenvalue weighted by atomic mass is 32.1. The minimum absolute atomic E-state index is 0.0600. The molecule has 2 aliphatic heterocycles. The first-order valence-corrected chi connectivity index (χ1v) is 9.65. The minimum atomic E-state index is -0.397. The molecule has 134 valence electrons. The Kier molecular flexibility index (Phi) is 3.58. The van der Waals surface area contributed by atoms with Crippen LogP contribution in [-0.4, -0.2) is 22.4 Å². The van der Waals surface area contributed by atoms with Crippen LogP contribution >= 0.6 is 11.3 Å². The fourth-order valence-corrected chi connectivity index (χ4v) is 4.74. The number of nitrogens with zero attached hydrogens (tertiary/aromatic N) is 3. The molecule has 0 saturated heterocycles. The summed E-state index contributed by atoms with van der Waals surface area (Å²) in [5, 5.41) is 13.7. The normalized spacial score (nSPS) is 15.1. The fourth-order valence-electron chi connectivity index (χ4n) is 3.92. The number of aromatic nitrogens is 1. The topological polar surface area (TPSA) is 76.3 Å². The van der Waals surface area contributed by atoms with Gasteiger partial charge >= 0.3 is 0 Å². The number of hydrogen-bond donors (Lipinski definition) is 0. The molecule has 0 fully saturated rings. The average molecular weight is 377 g/mol. The molecular weight excluding hydrogens is 362 g/mol. The van der Waals surface area contributed by atoms with E-state index in [0.717, 1.165) is 52.5 Å². The molecule has 2 aliphatic rings. The van der Waals surface area contributed by atoms with Gasteiger partial charge in [-0.25, -0.2) is 4.98 Å². The van der Waals surface area contributed by atoms with Crippen molar-refractivity contribution in [3.05, 3.63) is 63.0 Å². The van der Waals surface area contributed by atoms with Crippen LogP contribution in [0.1, 0.15) is 17.5 Å². The predicted octanol–water partition coefficient (Wildman–Crippen LogP) is 4.22.